The number of rotatable bonds is 9. The van der Waals surface area contributed by atoms with Crippen LogP contribution in [0.5, 0.6) is 0 Å². The summed E-state index contributed by atoms with van der Waals surface area (Å²) in [6.45, 7) is 1.89. The summed E-state index contributed by atoms with van der Waals surface area (Å²) < 4.78 is 29.0. The van der Waals surface area contributed by atoms with E-state index in [1.807, 2.05) is 6.92 Å². The maximum absolute atomic E-state index is 12.9. The van der Waals surface area contributed by atoms with E-state index in [0.29, 0.717) is 41.6 Å². The highest BCUT2D eigenvalue weighted by Crippen LogP contribution is 2.33. The van der Waals surface area contributed by atoms with Crippen LogP contribution in [0.1, 0.15) is 37.0 Å². The molecule has 0 spiro atoms. The van der Waals surface area contributed by atoms with E-state index >= 15 is 0 Å². The summed E-state index contributed by atoms with van der Waals surface area (Å²) in [6, 6.07) is 6.01. The zero-order valence-corrected chi connectivity index (χ0v) is 18.1. The molecular formula is C18H19N7O4S2. The second kappa shape index (κ2) is 8.89. The normalized spacial score (nSPS) is 14.4. The Bertz CT molecular complexity index is 1180. The number of aromatic nitrogens is 5. The lowest BCUT2D eigenvalue weighted by Gasteiger charge is -2.08. The first-order valence-electron chi connectivity index (χ1n) is 9.50. The zero-order valence-electron chi connectivity index (χ0n) is 16.5. The lowest BCUT2D eigenvalue weighted by atomic mass is 10.1. The SMILES string of the molecule is CCc1nsc(NC(=O)C(=NOCc2ncn[nH]2)c2ccc(S(=O)(=O)C3CC3)cc2)n1. The molecule has 162 valence electrons. The molecule has 0 saturated heterocycles. The van der Waals surface area contributed by atoms with E-state index in [4.69, 9.17) is 4.84 Å². The Labute approximate surface area is 182 Å². The first-order valence-corrected chi connectivity index (χ1v) is 11.8. The van der Waals surface area contributed by atoms with Crippen LogP contribution in [0, 0.1) is 0 Å². The highest BCUT2D eigenvalue weighted by Gasteiger charge is 2.36. The van der Waals surface area contributed by atoms with Gasteiger partial charge in [-0.25, -0.2) is 18.4 Å². The third-order valence-electron chi connectivity index (χ3n) is 4.46. The molecule has 0 unspecified atom stereocenters. The maximum atomic E-state index is 12.9. The van der Waals surface area contributed by atoms with Gasteiger partial charge in [-0.2, -0.15) is 9.47 Å². The molecule has 31 heavy (non-hydrogen) atoms. The minimum Gasteiger partial charge on any atom is -0.387 e. The van der Waals surface area contributed by atoms with Crippen molar-refractivity contribution in [3.05, 3.63) is 47.8 Å². The number of hydrogen-bond acceptors (Lipinski definition) is 10. The molecule has 11 nitrogen and oxygen atoms in total. The minimum atomic E-state index is -3.33. The van der Waals surface area contributed by atoms with Crippen LogP contribution >= 0.6 is 11.5 Å². The van der Waals surface area contributed by atoms with Crippen LogP contribution in [0.15, 0.2) is 40.6 Å². The summed E-state index contributed by atoms with van der Waals surface area (Å²) in [4.78, 5) is 26.5. The third-order valence-corrected chi connectivity index (χ3v) is 7.41. The summed E-state index contributed by atoms with van der Waals surface area (Å²) >= 11 is 1.06. The molecule has 13 heteroatoms. The Kier molecular flexibility index (Phi) is 6.04. The molecule has 1 aromatic carbocycles. The molecule has 0 radical (unpaired) electrons. The van der Waals surface area contributed by atoms with Gasteiger partial charge in [0.05, 0.1) is 10.1 Å². The number of benzene rings is 1. The number of H-pyrrole nitrogens is 1. The number of hydrogen-bond donors (Lipinski definition) is 2. The van der Waals surface area contributed by atoms with E-state index in [2.05, 4.69) is 35.0 Å². The molecule has 3 aromatic rings. The molecule has 2 aromatic heterocycles. The number of carbonyl (C=O) groups excluding carboxylic acids is 1. The standard InChI is InChI=1S/C18H19N7O4S2/c1-2-14-21-18(30-25-14)22-17(26)16(24-29-9-15-19-10-20-23-15)11-3-5-12(6-4-11)31(27,28)13-7-8-13/h3-6,10,13H,2,7-9H2,1H3,(H,19,20,23)(H,21,22,25,26). The van der Waals surface area contributed by atoms with Crippen LogP contribution in [0.2, 0.25) is 0 Å². The first-order chi connectivity index (χ1) is 15.0. The summed E-state index contributed by atoms with van der Waals surface area (Å²) in [7, 11) is -3.33. The molecule has 2 heterocycles. The maximum Gasteiger partial charge on any atom is 0.280 e. The number of aryl methyl sites for hydroxylation is 1. The van der Waals surface area contributed by atoms with Crippen LogP contribution in [0.4, 0.5) is 5.13 Å². The fourth-order valence-corrected chi connectivity index (χ4v) is 4.96. The second-order valence-electron chi connectivity index (χ2n) is 6.74. The quantitative estimate of drug-likeness (QED) is 0.361. The summed E-state index contributed by atoms with van der Waals surface area (Å²) in [5, 5.41) is 13.0. The molecule has 2 N–H and O–H groups in total. The molecule has 1 fully saturated rings. The number of oxime groups is 1. The van der Waals surface area contributed by atoms with Gasteiger partial charge in [0.15, 0.2) is 28.0 Å². The lowest BCUT2D eigenvalue weighted by molar-refractivity contribution is -0.110. The number of nitrogens with one attached hydrogen (secondary N) is 2. The van der Waals surface area contributed by atoms with Gasteiger partial charge in [0.25, 0.3) is 5.91 Å². The number of aromatic amines is 1. The van der Waals surface area contributed by atoms with E-state index in [1.165, 1.54) is 30.6 Å². The highest BCUT2D eigenvalue weighted by atomic mass is 32.2. The Hall–Kier alpha value is -3.19. The lowest BCUT2D eigenvalue weighted by Crippen LogP contribution is -2.24. The van der Waals surface area contributed by atoms with Crippen LogP contribution < -0.4 is 5.32 Å². The van der Waals surface area contributed by atoms with E-state index < -0.39 is 15.7 Å². The van der Waals surface area contributed by atoms with Crippen LogP contribution in [0.3, 0.4) is 0 Å². The molecule has 0 bridgehead atoms. The van der Waals surface area contributed by atoms with Gasteiger partial charge in [-0.15, -0.1) is 0 Å². The molecule has 1 aliphatic rings. The molecule has 1 saturated carbocycles. The van der Waals surface area contributed by atoms with Gasteiger partial charge in [0.1, 0.15) is 12.2 Å². The van der Waals surface area contributed by atoms with Gasteiger partial charge < -0.3 is 4.84 Å². The molecule has 4 rings (SSSR count). The third kappa shape index (κ3) is 4.94. The largest absolute Gasteiger partial charge is 0.387 e. The zero-order chi connectivity index (χ0) is 21.8. The summed E-state index contributed by atoms with van der Waals surface area (Å²) in [5.41, 5.74) is 0.355. The van der Waals surface area contributed by atoms with Crippen molar-refractivity contribution in [1.29, 1.82) is 0 Å². The molecule has 1 aliphatic carbocycles. The van der Waals surface area contributed by atoms with Crippen molar-refractivity contribution in [2.75, 3.05) is 5.32 Å². The van der Waals surface area contributed by atoms with Gasteiger partial charge in [-0.05, 0) is 25.0 Å². The minimum absolute atomic E-state index is 0.0241. The predicted octanol–water partition coefficient (Wildman–Crippen LogP) is 1.71. The number of carbonyl (C=O) groups is 1. The van der Waals surface area contributed by atoms with Gasteiger partial charge in [-0.3, -0.25) is 15.2 Å². The second-order valence-corrected chi connectivity index (χ2v) is 9.72. The van der Waals surface area contributed by atoms with E-state index in [9.17, 15) is 13.2 Å². The molecular weight excluding hydrogens is 442 g/mol. The van der Waals surface area contributed by atoms with Crippen molar-refractivity contribution in [1.82, 2.24) is 24.5 Å². The fourth-order valence-electron chi connectivity index (χ4n) is 2.66. The van der Waals surface area contributed by atoms with Crippen molar-refractivity contribution in [2.24, 2.45) is 5.16 Å². The number of anilines is 1. The fraction of sp³-hybridized carbons (Fsp3) is 0.333. The Morgan fingerprint density at radius 1 is 1.32 bits per heavy atom. The number of sulfone groups is 1. The topological polar surface area (TPSA) is 152 Å². The Balaban J connectivity index is 1.57. The molecule has 0 aliphatic heterocycles. The van der Waals surface area contributed by atoms with Crippen LogP contribution in [0.25, 0.3) is 0 Å². The average molecular weight is 462 g/mol. The van der Waals surface area contributed by atoms with E-state index in [0.717, 1.165) is 11.5 Å². The van der Waals surface area contributed by atoms with E-state index in [-0.39, 0.29) is 22.5 Å². The number of amides is 1. The molecule has 0 atom stereocenters. The van der Waals surface area contributed by atoms with E-state index in [1.54, 1.807) is 0 Å². The number of nitrogens with zero attached hydrogens (tertiary/aromatic N) is 5. The smallest absolute Gasteiger partial charge is 0.280 e. The summed E-state index contributed by atoms with van der Waals surface area (Å²) in [6.07, 6.45) is 3.33. The average Bonchev–Trinajstić information content (AvgIpc) is 3.34. The van der Waals surface area contributed by atoms with Crippen molar-refractivity contribution >= 4 is 38.1 Å². The Morgan fingerprint density at radius 2 is 2.10 bits per heavy atom. The van der Waals surface area contributed by atoms with Crippen molar-refractivity contribution in [3.63, 3.8) is 0 Å². The summed E-state index contributed by atoms with van der Waals surface area (Å²) in [5.74, 6) is 0.496. The molecule has 1 amide bonds. The van der Waals surface area contributed by atoms with Gasteiger partial charge in [0.2, 0.25) is 5.13 Å². The van der Waals surface area contributed by atoms with Crippen molar-refractivity contribution in [3.8, 4) is 0 Å². The van der Waals surface area contributed by atoms with Crippen LogP contribution in [-0.2, 0) is 32.5 Å². The first kappa shape index (κ1) is 21.1. The predicted molar refractivity (Wildman–Crippen MR) is 112 cm³/mol. The van der Waals surface area contributed by atoms with Crippen molar-refractivity contribution < 1.29 is 18.0 Å². The van der Waals surface area contributed by atoms with Crippen molar-refractivity contribution in [2.45, 2.75) is 42.9 Å². The van der Waals surface area contributed by atoms with Gasteiger partial charge in [-0.1, -0.05) is 24.2 Å². The highest BCUT2D eigenvalue weighted by molar-refractivity contribution is 7.92. The van der Waals surface area contributed by atoms with Gasteiger partial charge in [0, 0.05) is 23.5 Å². The Morgan fingerprint density at radius 3 is 2.71 bits per heavy atom. The monoisotopic (exact) mass is 461 g/mol. The van der Waals surface area contributed by atoms with Gasteiger partial charge >= 0.3 is 0 Å². The van der Waals surface area contributed by atoms with Crippen LogP contribution in [-0.4, -0.2) is 49.8 Å².